The van der Waals surface area contributed by atoms with Gasteiger partial charge in [0, 0.05) is 12.6 Å². The molecule has 2 nitrogen and oxygen atoms in total. The van der Waals surface area contributed by atoms with Crippen LogP contribution >= 0.6 is 0 Å². The summed E-state index contributed by atoms with van der Waals surface area (Å²) in [5.74, 6) is 1.03. The maximum absolute atomic E-state index is 8.72. The first-order valence-corrected chi connectivity index (χ1v) is 7.26. The molecular weight excluding hydrogens is 198 g/mol. The lowest BCUT2D eigenvalue weighted by molar-refractivity contribution is 0.179. The topological polar surface area (TPSA) is 23.5 Å². The first-order chi connectivity index (χ1) is 7.92. The summed E-state index contributed by atoms with van der Waals surface area (Å²) in [7, 11) is 0. The van der Waals surface area contributed by atoms with Gasteiger partial charge in [0.2, 0.25) is 0 Å². The Bertz CT molecular complexity index is 195. The quantitative estimate of drug-likeness (QED) is 0.703. The van der Waals surface area contributed by atoms with Crippen molar-refractivity contribution in [3.63, 3.8) is 0 Å². The molecule has 2 atom stereocenters. The maximum Gasteiger partial charge on any atom is 0.0431 e. The highest BCUT2D eigenvalue weighted by molar-refractivity contribution is 4.89. The smallest absolute Gasteiger partial charge is 0.0431 e. The molecule has 0 aromatic carbocycles. The van der Waals surface area contributed by atoms with Gasteiger partial charge in [0.15, 0.2) is 0 Å². The van der Waals surface area contributed by atoms with Crippen molar-refractivity contribution < 1.29 is 5.11 Å². The molecule has 1 heterocycles. The van der Waals surface area contributed by atoms with Crippen LogP contribution in [0.25, 0.3) is 0 Å². The molecule has 2 aliphatic rings. The van der Waals surface area contributed by atoms with E-state index < -0.39 is 0 Å². The standard InChI is InChI=1S/C14H27NO/c16-12-6-2-1-5-10-15-11-9-13-7-3-4-8-14(13)15/h13-14,16H,1-12H2. The molecule has 1 N–H and O–H groups in total. The van der Waals surface area contributed by atoms with Crippen molar-refractivity contribution in [3.05, 3.63) is 0 Å². The number of aliphatic hydroxyl groups is 1. The van der Waals surface area contributed by atoms with Crippen molar-refractivity contribution in [2.75, 3.05) is 19.7 Å². The zero-order valence-corrected chi connectivity index (χ0v) is 10.5. The fourth-order valence-corrected chi connectivity index (χ4v) is 3.56. The van der Waals surface area contributed by atoms with Gasteiger partial charge in [-0.05, 0) is 51.1 Å². The molecule has 1 saturated heterocycles. The lowest BCUT2D eigenvalue weighted by atomic mass is 9.85. The Kier molecular flexibility index (Phi) is 5.11. The number of hydrogen-bond acceptors (Lipinski definition) is 2. The Morgan fingerprint density at radius 2 is 1.75 bits per heavy atom. The average Bonchev–Trinajstić information content (AvgIpc) is 2.73. The predicted molar refractivity (Wildman–Crippen MR) is 67.5 cm³/mol. The Morgan fingerprint density at radius 1 is 0.938 bits per heavy atom. The molecule has 0 aromatic rings. The van der Waals surface area contributed by atoms with Crippen molar-refractivity contribution in [3.8, 4) is 0 Å². The lowest BCUT2D eigenvalue weighted by Gasteiger charge is -2.31. The van der Waals surface area contributed by atoms with Gasteiger partial charge in [-0.25, -0.2) is 0 Å². The van der Waals surface area contributed by atoms with Gasteiger partial charge < -0.3 is 10.0 Å². The molecule has 2 rings (SSSR count). The summed E-state index contributed by atoms with van der Waals surface area (Å²) in [5, 5.41) is 8.72. The zero-order chi connectivity index (χ0) is 11.2. The van der Waals surface area contributed by atoms with Crippen molar-refractivity contribution in [1.82, 2.24) is 4.90 Å². The summed E-state index contributed by atoms with van der Waals surface area (Å²) in [6, 6.07) is 0.937. The molecule has 94 valence electrons. The first kappa shape index (κ1) is 12.4. The molecule has 0 aromatic heterocycles. The van der Waals surface area contributed by atoms with Gasteiger partial charge in [-0.2, -0.15) is 0 Å². The van der Waals surface area contributed by atoms with E-state index in [0.717, 1.165) is 18.4 Å². The third-order valence-corrected chi connectivity index (χ3v) is 4.48. The van der Waals surface area contributed by atoms with Crippen LogP contribution < -0.4 is 0 Å². The highest BCUT2D eigenvalue weighted by Gasteiger charge is 2.34. The van der Waals surface area contributed by atoms with E-state index in [9.17, 15) is 0 Å². The molecule has 0 amide bonds. The van der Waals surface area contributed by atoms with Crippen molar-refractivity contribution in [2.24, 2.45) is 5.92 Å². The van der Waals surface area contributed by atoms with E-state index in [-0.39, 0.29) is 0 Å². The van der Waals surface area contributed by atoms with E-state index in [4.69, 9.17) is 5.11 Å². The summed E-state index contributed by atoms with van der Waals surface area (Å²) < 4.78 is 0. The van der Waals surface area contributed by atoms with Crippen LogP contribution in [-0.4, -0.2) is 35.7 Å². The SMILES string of the molecule is OCCCCCCN1CCC2CCCCC21. The van der Waals surface area contributed by atoms with Gasteiger partial charge in [0.1, 0.15) is 0 Å². The molecule has 1 aliphatic heterocycles. The summed E-state index contributed by atoms with van der Waals surface area (Å²) in [4.78, 5) is 2.75. The highest BCUT2D eigenvalue weighted by atomic mass is 16.2. The van der Waals surface area contributed by atoms with Crippen LogP contribution in [0.15, 0.2) is 0 Å². The van der Waals surface area contributed by atoms with Gasteiger partial charge in [0.05, 0.1) is 0 Å². The zero-order valence-electron chi connectivity index (χ0n) is 10.5. The minimum Gasteiger partial charge on any atom is -0.396 e. The Balaban J connectivity index is 1.62. The fourth-order valence-electron chi connectivity index (χ4n) is 3.56. The number of likely N-dealkylation sites (tertiary alicyclic amines) is 1. The lowest BCUT2D eigenvalue weighted by Crippen LogP contribution is -2.35. The Hall–Kier alpha value is -0.0800. The molecule has 0 bridgehead atoms. The van der Waals surface area contributed by atoms with Crippen molar-refractivity contribution in [2.45, 2.75) is 63.8 Å². The Labute approximate surface area is 100 Å². The summed E-state index contributed by atoms with van der Waals surface area (Å²) in [6.45, 7) is 3.04. The van der Waals surface area contributed by atoms with Gasteiger partial charge in [-0.1, -0.05) is 25.7 Å². The third-order valence-electron chi connectivity index (χ3n) is 4.48. The fraction of sp³-hybridized carbons (Fsp3) is 1.00. The molecular formula is C14H27NO. The summed E-state index contributed by atoms with van der Waals surface area (Å²) >= 11 is 0. The van der Waals surface area contributed by atoms with E-state index >= 15 is 0 Å². The van der Waals surface area contributed by atoms with E-state index in [1.54, 1.807) is 0 Å². The third kappa shape index (κ3) is 3.21. The number of fused-ring (bicyclic) bond motifs is 1. The predicted octanol–water partition coefficient (Wildman–Crippen LogP) is 2.80. The van der Waals surface area contributed by atoms with Gasteiger partial charge in [-0.3, -0.25) is 0 Å². The van der Waals surface area contributed by atoms with Crippen molar-refractivity contribution >= 4 is 0 Å². The van der Waals surface area contributed by atoms with Crippen LogP contribution in [0.3, 0.4) is 0 Å². The number of unbranched alkanes of at least 4 members (excludes halogenated alkanes) is 3. The largest absolute Gasteiger partial charge is 0.396 e. The molecule has 2 fully saturated rings. The minimum atomic E-state index is 0.369. The van der Waals surface area contributed by atoms with E-state index in [1.165, 1.54) is 64.5 Å². The average molecular weight is 225 g/mol. The summed E-state index contributed by atoms with van der Waals surface area (Å²) in [6.07, 6.45) is 12.2. The van der Waals surface area contributed by atoms with Crippen LogP contribution in [0.4, 0.5) is 0 Å². The maximum atomic E-state index is 8.72. The van der Waals surface area contributed by atoms with Gasteiger partial charge >= 0.3 is 0 Å². The first-order valence-electron chi connectivity index (χ1n) is 7.26. The second-order valence-electron chi connectivity index (χ2n) is 5.57. The van der Waals surface area contributed by atoms with E-state index in [1.807, 2.05) is 0 Å². The molecule has 16 heavy (non-hydrogen) atoms. The van der Waals surface area contributed by atoms with Crippen LogP contribution in [-0.2, 0) is 0 Å². The monoisotopic (exact) mass is 225 g/mol. The van der Waals surface area contributed by atoms with Crippen LogP contribution in [0.2, 0.25) is 0 Å². The highest BCUT2D eigenvalue weighted by Crippen LogP contribution is 2.36. The number of hydrogen-bond donors (Lipinski definition) is 1. The summed E-state index contributed by atoms with van der Waals surface area (Å²) in [5.41, 5.74) is 0. The molecule has 1 saturated carbocycles. The second-order valence-corrected chi connectivity index (χ2v) is 5.57. The van der Waals surface area contributed by atoms with Crippen LogP contribution in [0, 0.1) is 5.92 Å². The molecule has 0 radical (unpaired) electrons. The number of rotatable bonds is 6. The van der Waals surface area contributed by atoms with Gasteiger partial charge in [-0.15, -0.1) is 0 Å². The molecule has 1 aliphatic carbocycles. The van der Waals surface area contributed by atoms with Crippen LogP contribution in [0.1, 0.15) is 57.8 Å². The van der Waals surface area contributed by atoms with E-state index in [0.29, 0.717) is 6.61 Å². The van der Waals surface area contributed by atoms with E-state index in [2.05, 4.69) is 4.90 Å². The number of nitrogens with zero attached hydrogens (tertiary/aromatic N) is 1. The molecule has 2 heteroatoms. The minimum absolute atomic E-state index is 0.369. The van der Waals surface area contributed by atoms with Crippen molar-refractivity contribution in [1.29, 1.82) is 0 Å². The molecule has 2 unspecified atom stereocenters. The number of aliphatic hydroxyl groups excluding tert-OH is 1. The second kappa shape index (κ2) is 6.61. The normalized spacial score (nSPS) is 30.6. The van der Waals surface area contributed by atoms with Crippen LogP contribution in [0.5, 0.6) is 0 Å². The molecule has 0 spiro atoms. The van der Waals surface area contributed by atoms with Gasteiger partial charge in [0.25, 0.3) is 0 Å². The Morgan fingerprint density at radius 3 is 2.62 bits per heavy atom.